The first-order chi connectivity index (χ1) is 15.9. The number of methoxy groups -OCH3 is 1. The summed E-state index contributed by atoms with van der Waals surface area (Å²) in [6.07, 6.45) is 4.20. The van der Waals surface area contributed by atoms with Crippen molar-refractivity contribution in [2.24, 2.45) is 10.9 Å². The fourth-order valence-corrected chi connectivity index (χ4v) is 4.61. The lowest BCUT2D eigenvalue weighted by molar-refractivity contribution is 0.276. The highest BCUT2D eigenvalue weighted by Gasteiger charge is 2.35. The number of aromatic nitrogens is 1. The van der Waals surface area contributed by atoms with Crippen LogP contribution in [0.3, 0.4) is 0 Å². The third-order valence-electron chi connectivity index (χ3n) is 6.59. The largest absolute Gasteiger partial charge is 0.497 e. The van der Waals surface area contributed by atoms with E-state index in [1.54, 1.807) is 13.3 Å². The van der Waals surface area contributed by atoms with E-state index in [0.29, 0.717) is 19.1 Å². The van der Waals surface area contributed by atoms with Gasteiger partial charge < -0.3 is 15.0 Å². The highest BCUT2D eigenvalue weighted by Crippen LogP contribution is 2.35. The van der Waals surface area contributed by atoms with E-state index in [-0.39, 0.29) is 5.92 Å². The Hall–Kier alpha value is -2.73. The zero-order valence-corrected chi connectivity index (χ0v) is 20.2. The maximum atomic E-state index is 14.8. The molecular formula is C27H35FN4O. The number of hydrogen-bond acceptors (Lipinski definition) is 5. The summed E-state index contributed by atoms with van der Waals surface area (Å²) in [5.74, 6) is 1.56. The van der Waals surface area contributed by atoms with Crippen molar-refractivity contribution >= 4 is 22.8 Å². The third kappa shape index (κ3) is 5.27. The second-order valence-corrected chi connectivity index (χ2v) is 9.25. The molecule has 4 rings (SSSR count). The van der Waals surface area contributed by atoms with Gasteiger partial charge in [-0.05, 0) is 62.4 Å². The van der Waals surface area contributed by atoms with Gasteiger partial charge in [0, 0.05) is 54.2 Å². The van der Waals surface area contributed by atoms with Gasteiger partial charge >= 0.3 is 0 Å². The lowest BCUT2D eigenvalue weighted by Crippen LogP contribution is -2.30. The smallest absolute Gasteiger partial charge is 0.137 e. The molecule has 0 amide bonds. The Balaban J connectivity index is 1.65. The predicted octanol–water partition coefficient (Wildman–Crippen LogP) is 5.35. The maximum Gasteiger partial charge on any atom is 0.137 e. The number of allylic oxidation sites excluding steroid dienone is 1. The van der Waals surface area contributed by atoms with Gasteiger partial charge in [0.05, 0.1) is 19.3 Å². The van der Waals surface area contributed by atoms with Crippen LogP contribution in [0, 0.1) is 5.92 Å². The number of rotatable bonds is 9. The summed E-state index contributed by atoms with van der Waals surface area (Å²) in [5.41, 5.74) is 5.78. The Labute approximate surface area is 196 Å². The molecule has 1 saturated carbocycles. The Morgan fingerprint density at radius 1 is 1.30 bits per heavy atom. The second kappa shape index (κ2) is 10.0. The van der Waals surface area contributed by atoms with E-state index in [1.807, 2.05) is 32.0 Å². The first-order valence-corrected chi connectivity index (χ1v) is 11.9. The van der Waals surface area contributed by atoms with E-state index in [9.17, 15) is 4.39 Å². The maximum absolute atomic E-state index is 14.8. The quantitative estimate of drug-likeness (QED) is 0.523. The van der Waals surface area contributed by atoms with Crippen LogP contribution < -0.4 is 15.0 Å². The SMILES string of the molecule is C=C(C)c1c(CC)cc(OC)cc1N=C(C)c1cccnc1N1CC(F)C(CNC2CC2)C1. The zero-order valence-electron chi connectivity index (χ0n) is 20.2. The molecule has 1 aromatic heterocycles. The summed E-state index contributed by atoms with van der Waals surface area (Å²) in [6, 6.07) is 8.52. The average Bonchev–Trinajstić information content (AvgIpc) is 3.57. The summed E-state index contributed by atoms with van der Waals surface area (Å²) < 4.78 is 20.3. The number of pyridine rings is 1. The number of benzene rings is 1. The van der Waals surface area contributed by atoms with Gasteiger partial charge in [0.2, 0.25) is 0 Å². The first-order valence-electron chi connectivity index (χ1n) is 11.9. The molecule has 1 aliphatic heterocycles. The molecule has 2 unspecified atom stereocenters. The van der Waals surface area contributed by atoms with Crippen molar-refractivity contribution in [2.75, 3.05) is 31.6 Å². The molecule has 0 radical (unpaired) electrons. The van der Waals surface area contributed by atoms with Gasteiger partial charge in [0.25, 0.3) is 0 Å². The molecule has 1 saturated heterocycles. The minimum Gasteiger partial charge on any atom is -0.497 e. The van der Waals surface area contributed by atoms with E-state index in [4.69, 9.17) is 9.73 Å². The molecule has 2 atom stereocenters. The Bertz CT molecular complexity index is 1050. The molecular weight excluding hydrogens is 415 g/mol. The molecule has 2 aromatic rings. The third-order valence-corrected chi connectivity index (χ3v) is 6.59. The topological polar surface area (TPSA) is 49.8 Å². The molecule has 1 aromatic carbocycles. The number of aryl methyl sites for hydroxylation is 1. The number of hydrogen-bond donors (Lipinski definition) is 1. The fourth-order valence-electron chi connectivity index (χ4n) is 4.61. The number of anilines is 1. The van der Waals surface area contributed by atoms with Gasteiger partial charge in [-0.1, -0.05) is 13.5 Å². The van der Waals surface area contributed by atoms with Crippen LogP contribution in [0.15, 0.2) is 42.0 Å². The Morgan fingerprint density at radius 2 is 2.09 bits per heavy atom. The van der Waals surface area contributed by atoms with Gasteiger partial charge in [0.1, 0.15) is 17.7 Å². The average molecular weight is 451 g/mol. The van der Waals surface area contributed by atoms with Crippen LogP contribution >= 0.6 is 0 Å². The number of nitrogens with zero attached hydrogens (tertiary/aromatic N) is 3. The molecule has 2 heterocycles. The van der Waals surface area contributed by atoms with Crippen molar-refractivity contribution in [2.45, 2.75) is 52.2 Å². The van der Waals surface area contributed by atoms with Crippen molar-refractivity contribution in [3.63, 3.8) is 0 Å². The molecule has 0 spiro atoms. The van der Waals surface area contributed by atoms with Gasteiger partial charge in [0.15, 0.2) is 0 Å². The number of halogens is 1. The van der Waals surface area contributed by atoms with E-state index in [0.717, 1.165) is 58.2 Å². The molecule has 33 heavy (non-hydrogen) atoms. The predicted molar refractivity (Wildman–Crippen MR) is 135 cm³/mol. The van der Waals surface area contributed by atoms with E-state index < -0.39 is 6.17 Å². The number of ether oxygens (including phenoxy) is 1. The van der Waals surface area contributed by atoms with E-state index >= 15 is 0 Å². The van der Waals surface area contributed by atoms with Crippen molar-refractivity contribution in [3.8, 4) is 5.75 Å². The minimum atomic E-state index is -0.858. The van der Waals surface area contributed by atoms with Gasteiger partial charge in [-0.15, -0.1) is 0 Å². The molecule has 1 N–H and O–H groups in total. The Morgan fingerprint density at radius 3 is 2.76 bits per heavy atom. The second-order valence-electron chi connectivity index (χ2n) is 9.25. The normalized spacial score (nSPS) is 20.9. The standard InChI is InChI=1S/C27H35FN4O/c1-6-19-12-22(33-5)13-25(26(19)17(2)3)31-18(4)23-8-7-11-29-27(23)32-15-20(24(28)16-32)14-30-21-9-10-21/h7-8,11-13,20-21,24,30H,2,6,9-10,14-16H2,1,3-5H3. The first kappa shape index (κ1) is 23.4. The van der Waals surface area contributed by atoms with Crippen molar-refractivity contribution in [1.82, 2.24) is 10.3 Å². The fraction of sp³-hybridized carbons (Fsp3) is 0.481. The Kier molecular flexibility index (Phi) is 7.13. The van der Waals surface area contributed by atoms with Crippen molar-refractivity contribution < 1.29 is 9.13 Å². The molecule has 0 bridgehead atoms. The minimum absolute atomic E-state index is 0.0155. The van der Waals surface area contributed by atoms with E-state index in [1.165, 1.54) is 12.8 Å². The summed E-state index contributed by atoms with van der Waals surface area (Å²) >= 11 is 0. The van der Waals surface area contributed by atoms with Crippen LogP contribution in [0.2, 0.25) is 0 Å². The van der Waals surface area contributed by atoms with E-state index in [2.05, 4.69) is 34.8 Å². The molecule has 2 fully saturated rings. The van der Waals surface area contributed by atoms with Crippen molar-refractivity contribution in [3.05, 3.63) is 53.7 Å². The van der Waals surface area contributed by atoms with Crippen LogP contribution in [0.1, 0.15) is 50.3 Å². The number of nitrogens with one attached hydrogen (secondary N) is 1. The van der Waals surface area contributed by atoms with Gasteiger partial charge in [-0.3, -0.25) is 4.99 Å². The molecule has 176 valence electrons. The molecule has 2 aliphatic rings. The summed E-state index contributed by atoms with van der Waals surface area (Å²) in [6.45, 7) is 12.1. The van der Waals surface area contributed by atoms with Crippen LogP contribution in [-0.2, 0) is 6.42 Å². The highest BCUT2D eigenvalue weighted by molar-refractivity contribution is 6.04. The van der Waals surface area contributed by atoms with Crippen LogP contribution in [0.25, 0.3) is 5.57 Å². The molecule has 1 aliphatic carbocycles. The molecule has 6 heteroatoms. The number of aliphatic imine (C=N–C) groups is 1. The summed E-state index contributed by atoms with van der Waals surface area (Å²) in [4.78, 5) is 11.7. The lowest BCUT2D eigenvalue weighted by atomic mass is 9.97. The monoisotopic (exact) mass is 450 g/mol. The van der Waals surface area contributed by atoms with Crippen LogP contribution in [0.5, 0.6) is 5.75 Å². The molecule has 5 nitrogen and oxygen atoms in total. The summed E-state index contributed by atoms with van der Waals surface area (Å²) in [5, 5.41) is 3.48. The number of alkyl halides is 1. The summed E-state index contributed by atoms with van der Waals surface area (Å²) in [7, 11) is 1.67. The highest BCUT2D eigenvalue weighted by atomic mass is 19.1. The van der Waals surface area contributed by atoms with Crippen LogP contribution in [-0.4, -0.2) is 49.7 Å². The van der Waals surface area contributed by atoms with Gasteiger partial charge in [-0.2, -0.15) is 0 Å². The lowest BCUT2D eigenvalue weighted by Gasteiger charge is -2.21. The van der Waals surface area contributed by atoms with Crippen LogP contribution in [0.4, 0.5) is 15.9 Å². The van der Waals surface area contributed by atoms with Gasteiger partial charge in [-0.25, -0.2) is 9.37 Å². The van der Waals surface area contributed by atoms with Crippen molar-refractivity contribution in [1.29, 1.82) is 0 Å². The zero-order chi connectivity index (χ0) is 23.5.